The molecular weight excluding hydrogens is 188 g/mol. The Kier molecular flexibility index (Phi) is 3.24. The minimum absolute atomic E-state index is 0.0814. The van der Waals surface area contributed by atoms with Gasteiger partial charge < -0.3 is 9.69 Å². The van der Waals surface area contributed by atoms with E-state index < -0.39 is 11.3 Å². The third-order valence-electron chi connectivity index (χ3n) is 2.54. The van der Waals surface area contributed by atoms with E-state index >= 15 is 0 Å². The van der Waals surface area contributed by atoms with Gasteiger partial charge in [-0.3, -0.25) is 0 Å². The molecular formula is C10H17F2NO. The van der Waals surface area contributed by atoms with E-state index in [1.54, 1.807) is 0 Å². The van der Waals surface area contributed by atoms with Crippen LogP contribution in [0.3, 0.4) is 0 Å². The maximum Gasteiger partial charge on any atom is 0.250 e. The number of nitrogens with zero attached hydrogens (tertiary/aromatic N) is 1. The molecule has 82 valence electrons. The molecule has 0 aromatic carbocycles. The van der Waals surface area contributed by atoms with Gasteiger partial charge in [0.25, 0.3) is 5.92 Å². The molecule has 0 N–H and O–H groups in total. The van der Waals surface area contributed by atoms with Crippen molar-refractivity contribution in [2.24, 2.45) is 5.41 Å². The molecule has 0 saturated carbocycles. The van der Waals surface area contributed by atoms with Crippen molar-refractivity contribution in [2.75, 3.05) is 19.6 Å². The summed E-state index contributed by atoms with van der Waals surface area (Å²) in [5, 5.41) is 0. The lowest BCUT2D eigenvalue weighted by Crippen LogP contribution is -2.43. The number of rotatable bonds is 3. The third kappa shape index (κ3) is 3.33. The zero-order chi connectivity index (χ0) is 10.8. The van der Waals surface area contributed by atoms with Crippen molar-refractivity contribution in [3.05, 3.63) is 0 Å². The lowest BCUT2D eigenvalue weighted by Gasteiger charge is -2.35. The summed E-state index contributed by atoms with van der Waals surface area (Å²) in [5.74, 6) is -2.50. The predicted octanol–water partition coefficient (Wildman–Crippen LogP) is 1.94. The van der Waals surface area contributed by atoms with Crippen LogP contribution in [0.2, 0.25) is 0 Å². The molecule has 1 aliphatic heterocycles. The van der Waals surface area contributed by atoms with Crippen molar-refractivity contribution in [3.63, 3.8) is 0 Å². The summed E-state index contributed by atoms with van der Waals surface area (Å²) in [7, 11) is 0. The van der Waals surface area contributed by atoms with Gasteiger partial charge in [0.05, 0.1) is 0 Å². The fraction of sp³-hybridized carbons (Fsp3) is 0.900. The van der Waals surface area contributed by atoms with Crippen molar-refractivity contribution >= 4 is 6.29 Å². The minimum atomic E-state index is -2.50. The Morgan fingerprint density at radius 1 is 1.36 bits per heavy atom. The number of hydrogen-bond donors (Lipinski definition) is 0. The highest BCUT2D eigenvalue weighted by Gasteiger charge is 2.35. The smallest absolute Gasteiger partial charge is 0.250 e. The van der Waals surface area contributed by atoms with Crippen LogP contribution in [0.15, 0.2) is 0 Å². The van der Waals surface area contributed by atoms with E-state index in [0.29, 0.717) is 19.6 Å². The molecule has 0 unspecified atom stereocenters. The molecule has 14 heavy (non-hydrogen) atoms. The highest BCUT2D eigenvalue weighted by atomic mass is 19.3. The van der Waals surface area contributed by atoms with Crippen LogP contribution in [-0.4, -0.2) is 36.7 Å². The molecule has 1 fully saturated rings. The summed E-state index contributed by atoms with van der Waals surface area (Å²) in [4.78, 5) is 12.6. The molecule has 2 nitrogen and oxygen atoms in total. The van der Waals surface area contributed by atoms with Crippen LogP contribution in [0.1, 0.15) is 26.7 Å². The first-order chi connectivity index (χ1) is 6.35. The summed E-state index contributed by atoms with van der Waals surface area (Å²) >= 11 is 0. The molecule has 4 heteroatoms. The first kappa shape index (κ1) is 11.6. The summed E-state index contributed by atoms with van der Waals surface area (Å²) < 4.78 is 25.6. The second-order valence-corrected chi connectivity index (χ2v) is 4.74. The van der Waals surface area contributed by atoms with E-state index in [1.165, 1.54) is 0 Å². The van der Waals surface area contributed by atoms with Gasteiger partial charge in [-0.15, -0.1) is 0 Å². The molecule has 1 heterocycles. The summed E-state index contributed by atoms with van der Waals surface area (Å²) in [6.07, 6.45) is 0.726. The largest absolute Gasteiger partial charge is 0.303 e. The third-order valence-corrected chi connectivity index (χ3v) is 2.54. The topological polar surface area (TPSA) is 20.3 Å². The van der Waals surface area contributed by atoms with Crippen LogP contribution in [0.25, 0.3) is 0 Å². The monoisotopic (exact) mass is 205 g/mol. The number of halogens is 2. The van der Waals surface area contributed by atoms with Gasteiger partial charge in [0.1, 0.15) is 6.29 Å². The quantitative estimate of drug-likeness (QED) is 0.656. The highest BCUT2D eigenvalue weighted by Crippen LogP contribution is 2.28. The van der Waals surface area contributed by atoms with Gasteiger partial charge in [-0.05, 0) is 0 Å². The molecule has 0 aromatic heterocycles. The maximum atomic E-state index is 12.8. The first-order valence-electron chi connectivity index (χ1n) is 4.91. The Labute approximate surface area is 83.3 Å². The van der Waals surface area contributed by atoms with Gasteiger partial charge in [0.2, 0.25) is 0 Å². The van der Waals surface area contributed by atoms with Crippen LogP contribution >= 0.6 is 0 Å². The molecule has 0 aromatic rings. The Hall–Kier alpha value is -0.510. The lowest BCUT2D eigenvalue weighted by atomic mass is 9.93. The second kappa shape index (κ2) is 3.93. The minimum Gasteiger partial charge on any atom is -0.303 e. The van der Waals surface area contributed by atoms with Gasteiger partial charge in [-0.2, -0.15) is 0 Å². The maximum absolute atomic E-state index is 12.8. The van der Waals surface area contributed by atoms with Crippen molar-refractivity contribution in [3.8, 4) is 0 Å². The van der Waals surface area contributed by atoms with Crippen LogP contribution in [0, 0.1) is 5.41 Å². The summed E-state index contributed by atoms with van der Waals surface area (Å²) in [6.45, 7) is 5.01. The Morgan fingerprint density at radius 2 is 1.86 bits per heavy atom. The molecule has 0 aliphatic carbocycles. The van der Waals surface area contributed by atoms with Gasteiger partial charge in [0.15, 0.2) is 0 Å². The predicted molar refractivity (Wildman–Crippen MR) is 50.5 cm³/mol. The van der Waals surface area contributed by atoms with Gasteiger partial charge in [0, 0.05) is 37.9 Å². The fourth-order valence-corrected chi connectivity index (χ4v) is 1.65. The number of alkyl halides is 2. The average molecular weight is 205 g/mol. The Bertz CT molecular complexity index is 206. The van der Waals surface area contributed by atoms with Gasteiger partial charge in [-0.1, -0.05) is 13.8 Å². The average Bonchev–Trinajstić information content (AvgIpc) is 2.09. The van der Waals surface area contributed by atoms with E-state index in [4.69, 9.17) is 0 Å². The van der Waals surface area contributed by atoms with E-state index in [9.17, 15) is 13.6 Å². The van der Waals surface area contributed by atoms with Crippen LogP contribution in [0.4, 0.5) is 8.78 Å². The number of carbonyl (C=O) groups is 1. The summed E-state index contributed by atoms with van der Waals surface area (Å²) in [5.41, 5.74) is -0.424. The molecule has 1 rings (SSSR count). The SMILES string of the molecule is CC(C)(C=O)CN1CCC(F)(F)CC1. The normalized spacial score (nSPS) is 23.4. The molecule has 0 atom stereocenters. The zero-order valence-electron chi connectivity index (χ0n) is 8.72. The van der Waals surface area contributed by atoms with Gasteiger partial charge >= 0.3 is 0 Å². The number of aldehydes is 1. The van der Waals surface area contributed by atoms with Crippen molar-refractivity contribution in [1.29, 1.82) is 0 Å². The molecule has 0 amide bonds. The van der Waals surface area contributed by atoms with E-state index in [0.717, 1.165) is 6.29 Å². The number of carbonyl (C=O) groups excluding carboxylic acids is 1. The van der Waals surface area contributed by atoms with Crippen LogP contribution in [0.5, 0.6) is 0 Å². The van der Waals surface area contributed by atoms with E-state index in [2.05, 4.69) is 0 Å². The highest BCUT2D eigenvalue weighted by molar-refractivity contribution is 5.58. The molecule has 1 aliphatic rings. The Balaban J connectivity index is 2.40. The lowest BCUT2D eigenvalue weighted by molar-refractivity contribution is -0.116. The number of hydrogen-bond acceptors (Lipinski definition) is 2. The Morgan fingerprint density at radius 3 is 2.29 bits per heavy atom. The van der Waals surface area contributed by atoms with Gasteiger partial charge in [-0.25, -0.2) is 8.78 Å². The van der Waals surface area contributed by atoms with E-state index in [1.807, 2.05) is 18.7 Å². The van der Waals surface area contributed by atoms with E-state index in [-0.39, 0.29) is 12.8 Å². The number of piperidine rings is 1. The van der Waals surface area contributed by atoms with Crippen molar-refractivity contribution in [2.45, 2.75) is 32.6 Å². The molecule has 0 radical (unpaired) electrons. The molecule has 1 saturated heterocycles. The standard InChI is InChI=1S/C10H17F2NO/c1-9(2,8-14)7-13-5-3-10(11,12)4-6-13/h8H,3-7H2,1-2H3. The van der Waals surface area contributed by atoms with Crippen molar-refractivity contribution < 1.29 is 13.6 Å². The zero-order valence-corrected chi connectivity index (χ0v) is 8.72. The molecule has 0 spiro atoms. The van der Waals surface area contributed by atoms with Crippen LogP contribution < -0.4 is 0 Å². The number of likely N-dealkylation sites (tertiary alicyclic amines) is 1. The van der Waals surface area contributed by atoms with Crippen molar-refractivity contribution in [1.82, 2.24) is 4.90 Å². The second-order valence-electron chi connectivity index (χ2n) is 4.74. The summed E-state index contributed by atoms with van der Waals surface area (Å²) in [6, 6.07) is 0. The first-order valence-corrected chi connectivity index (χ1v) is 4.91. The molecule has 0 bridgehead atoms. The fourth-order valence-electron chi connectivity index (χ4n) is 1.65. The van der Waals surface area contributed by atoms with Crippen LogP contribution in [-0.2, 0) is 4.79 Å².